The Labute approximate surface area is 111 Å². The van der Waals surface area contributed by atoms with E-state index in [9.17, 15) is 13.6 Å². The second-order valence-corrected chi connectivity index (χ2v) is 5.15. The number of hydrogen-bond acceptors (Lipinski definition) is 2. The highest BCUT2D eigenvalue weighted by molar-refractivity contribution is 5.79. The van der Waals surface area contributed by atoms with Crippen molar-refractivity contribution >= 4 is 5.91 Å². The molecule has 1 aromatic carbocycles. The lowest BCUT2D eigenvalue weighted by molar-refractivity contribution is -0.132. The molecular formula is C14H18F2N2O. The van der Waals surface area contributed by atoms with Crippen LogP contribution in [0.3, 0.4) is 0 Å². The lowest BCUT2D eigenvalue weighted by Gasteiger charge is -2.35. The summed E-state index contributed by atoms with van der Waals surface area (Å²) in [5, 5.41) is 0. The highest BCUT2D eigenvalue weighted by Crippen LogP contribution is 2.18. The second kappa shape index (κ2) is 5.65. The van der Waals surface area contributed by atoms with Crippen molar-refractivity contribution in [1.82, 2.24) is 4.90 Å². The summed E-state index contributed by atoms with van der Waals surface area (Å²) in [5.74, 6) is -1.26. The zero-order valence-corrected chi connectivity index (χ0v) is 10.9. The number of piperidine rings is 1. The highest BCUT2D eigenvalue weighted by Gasteiger charge is 2.27. The van der Waals surface area contributed by atoms with E-state index in [1.807, 2.05) is 6.92 Å². The van der Waals surface area contributed by atoms with Gasteiger partial charge in [0.15, 0.2) is 0 Å². The largest absolute Gasteiger partial charge is 0.341 e. The van der Waals surface area contributed by atoms with Gasteiger partial charge in [0.1, 0.15) is 11.6 Å². The van der Waals surface area contributed by atoms with Gasteiger partial charge in [0, 0.05) is 24.7 Å². The number of rotatable bonds is 2. The Morgan fingerprint density at radius 3 is 2.63 bits per heavy atom. The van der Waals surface area contributed by atoms with E-state index in [1.54, 1.807) is 4.90 Å². The average Bonchev–Trinajstić information content (AvgIpc) is 2.37. The quantitative estimate of drug-likeness (QED) is 0.887. The number of hydrogen-bond donors (Lipinski definition) is 1. The molecule has 104 valence electrons. The predicted octanol–water partition coefficient (Wildman–Crippen LogP) is 1.70. The summed E-state index contributed by atoms with van der Waals surface area (Å²) in [6.45, 7) is 3.10. The monoisotopic (exact) mass is 268 g/mol. The molecule has 2 N–H and O–H groups in total. The molecule has 1 amide bonds. The number of nitrogens with two attached hydrogens (primary N) is 1. The van der Waals surface area contributed by atoms with Gasteiger partial charge in [-0.3, -0.25) is 4.79 Å². The fourth-order valence-electron chi connectivity index (χ4n) is 2.29. The minimum absolute atomic E-state index is 0.0665. The number of carbonyl (C=O) groups is 1. The molecule has 19 heavy (non-hydrogen) atoms. The van der Waals surface area contributed by atoms with Crippen LogP contribution in [0.15, 0.2) is 18.2 Å². The van der Waals surface area contributed by atoms with Gasteiger partial charge >= 0.3 is 0 Å². The van der Waals surface area contributed by atoms with E-state index in [0.717, 1.165) is 18.6 Å². The summed E-state index contributed by atoms with van der Waals surface area (Å²) < 4.78 is 27.0. The molecule has 1 heterocycles. The number of benzene rings is 1. The van der Waals surface area contributed by atoms with Crippen molar-refractivity contribution in [3.8, 4) is 0 Å². The Hall–Kier alpha value is -1.49. The van der Waals surface area contributed by atoms with Gasteiger partial charge in [-0.05, 0) is 24.5 Å². The third kappa shape index (κ3) is 3.10. The van der Waals surface area contributed by atoms with Crippen LogP contribution >= 0.6 is 0 Å². The average molecular weight is 268 g/mol. The van der Waals surface area contributed by atoms with Crippen LogP contribution < -0.4 is 5.73 Å². The molecule has 1 fully saturated rings. The Morgan fingerprint density at radius 2 is 2.05 bits per heavy atom. The fourth-order valence-corrected chi connectivity index (χ4v) is 2.29. The Balaban J connectivity index is 2.05. The lowest BCUT2D eigenvalue weighted by Crippen LogP contribution is -2.50. The van der Waals surface area contributed by atoms with Gasteiger partial charge in [-0.15, -0.1) is 0 Å². The topological polar surface area (TPSA) is 46.3 Å². The molecule has 2 rings (SSSR count). The Morgan fingerprint density at radius 1 is 1.42 bits per heavy atom. The first kappa shape index (κ1) is 13.9. The van der Waals surface area contributed by atoms with E-state index in [1.165, 1.54) is 6.07 Å². The fraction of sp³-hybridized carbons (Fsp3) is 0.500. The maximum absolute atomic E-state index is 13.5. The van der Waals surface area contributed by atoms with Gasteiger partial charge in [0.2, 0.25) is 5.91 Å². The standard InChI is InChI=1S/C14H18F2N2O/c1-9-5-6-18(8-13(9)17)14(19)7-10-11(15)3-2-4-12(10)16/h2-4,9,13H,5-8,17H2,1H3. The third-order valence-corrected chi connectivity index (χ3v) is 3.76. The van der Waals surface area contributed by atoms with Crippen LogP contribution in [0.2, 0.25) is 0 Å². The molecule has 5 heteroatoms. The van der Waals surface area contributed by atoms with Crippen molar-refractivity contribution < 1.29 is 13.6 Å². The van der Waals surface area contributed by atoms with Crippen LogP contribution in [0.25, 0.3) is 0 Å². The molecule has 0 saturated carbocycles. The zero-order chi connectivity index (χ0) is 14.0. The SMILES string of the molecule is CC1CCN(C(=O)Cc2c(F)cccc2F)CC1N. The molecule has 3 nitrogen and oxygen atoms in total. The first-order chi connectivity index (χ1) is 8.99. The number of nitrogens with zero attached hydrogens (tertiary/aromatic N) is 1. The number of amides is 1. The predicted molar refractivity (Wildman–Crippen MR) is 68.4 cm³/mol. The summed E-state index contributed by atoms with van der Waals surface area (Å²) in [6, 6.07) is 3.55. The molecule has 1 aliphatic rings. The molecule has 0 bridgehead atoms. The van der Waals surface area contributed by atoms with Gasteiger partial charge < -0.3 is 10.6 Å². The minimum Gasteiger partial charge on any atom is -0.341 e. The van der Waals surface area contributed by atoms with Gasteiger partial charge in [0.05, 0.1) is 6.42 Å². The van der Waals surface area contributed by atoms with Gasteiger partial charge in [-0.2, -0.15) is 0 Å². The summed E-state index contributed by atoms with van der Waals surface area (Å²) in [7, 11) is 0. The van der Waals surface area contributed by atoms with Crippen LogP contribution in [0, 0.1) is 17.6 Å². The third-order valence-electron chi connectivity index (χ3n) is 3.76. The molecule has 1 saturated heterocycles. The molecule has 0 spiro atoms. The van der Waals surface area contributed by atoms with Crippen molar-refractivity contribution in [2.75, 3.05) is 13.1 Å². The van der Waals surface area contributed by atoms with E-state index in [-0.39, 0.29) is 23.9 Å². The van der Waals surface area contributed by atoms with Crippen molar-refractivity contribution in [3.05, 3.63) is 35.4 Å². The maximum atomic E-state index is 13.5. The highest BCUT2D eigenvalue weighted by atomic mass is 19.1. The van der Waals surface area contributed by atoms with Gasteiger partial charge in [-0.25, -0.2) is 8.78 Å². The van der Waals surface area contributed by atoms with Crippen molar-refractivity contribution in [2.24, 2.45) is 11.7 Å². The van der Waals surface area contributed by atoms with Crippen LogP contribution in [-0.4, -0.2) is 29.9 Å². The lowest BCUT2D eigenvalue weighted by atomic mass is 9.94. The van der Waals surface area contributed by atoms with Crippen molar-refractivity contribution in [2.45, 2.75) is 25.8 Å². The summed E-state index contributed by atoms with van der Waals surface area (Å²) in [6.07, 6.45) is 0.576. The van der Waals surface area contributed by atoms with E-state index < -0.39 is 11.6 Å². The first-order valence-electron chi connectivity index (χ1n) is 6.45. The van der Waals surface area contributed by atoms with E-state index >= 15 is 0 Å². The van der Waals surface area contributed by atoms with Crippen LogP contribution in [0.1, 0.15) is 18.9 Å². The van der Waals surface area contributed by atoms with Gasteiger partial charge in [0.25, 0.3) is 0 Å². The second-order valence-electron chi connectivity index (χ2n) is 5.15. The zero-order valence-electron chi connectivity index (χ0n) is 10.9. The smallest absolute Gasteiger partial charge is 0.227 e. The molecule has 2 unspecified atom stereocenters. The van der Waals surface area contributed by atoms with E-state index in [4.69, 9.17) is 5.73 Å². The molecular weight excluding hydrogens is 250 g/mol. The summed E-state index contributed by atoms with van der Waals surface area (Å²) >= 11 is 0. The molecule has 1 aliphatic heterocycles. The number of carbonyl (C=O) groups excluding carboxylic acids is 1. The first-order valence-corrected chi connectivity index (χ1v) is 6.45. The van der Waals surface area contributed by atoms with Crippen LogP contribution in [-0.2, 0) is 11.2 Å². The van der Waals surface area contributed by atoms with Crippen LogP contribution in [0.4, 0.5) is 8.78 Å². The molecule has 0 radical (unpaired) electrons. The maximum Gasteiger partial charge on any atom is 0.227 e. The summed E-state index contributed by atoms with van der Waals surface area (Å²) in [5.41, 5.74) is 5.75. The number of halogens is 2. The Bertz CT molecular complexity index is 458. The minimum atomic E-state index is -0.678. The van der Waals surface area contributed by atoms with Gasteiger partial charge in [-0.1, -0.05) is 13.0 Å². The molecule has 2 atom stereocenters. The Kier molecular flexibility index (Phi) is 4.14. The molecule has 0 aromatic heterocycles. The van der Waals surface area contributed by atoms with Crippen molar-refractivity contribution in [1.29, 1.82) is 0 Å². The van der Waals surface area contributed by atoms with Crippen molar-refractivity contribution in [3.63, 3.8) is 0 Å². The van der Waals surface area contributed by atoms with E-state index in [0.29, 0.717) is 19.0 Å². The number of likely N-dealkylation sites (tertiary alicyclic amines) is 1. The normalized spacial score (nSPS) is 23.5. The molecule has 0 aliphatic carbocycles. The summed E-state index contributed by atoms with van der Waals surface area (Å²) in [4.78, 5) is 13.7. The molecule has 1 aromatic rings. The van der Waals surface area contributed by atoms with Crippen LogP contribution in [0.5, 0.6) is 0 Å². The van der Waals surface area contributed by atoms with E-state index in [2.05, 4.69) is 0 Å².